The molecule has 0 aliphatic heterocycles. The maximum atomic E-state index is 12.0. The van der Waals surface area contributed by atoms with Gasteiger partial charge in [-0.25, -0.2) is 4.98 Å². The summed E-state index contributed by atoms with van der Waals surface area (Å²) in [6.07, 6.45) is 5.13. The minimum atomic E-state index is -0.169. The quantitative estimate of drug-likeness (QED) is 0.857. The predicted molar refractivity (Wildman–Crippen MR) is 73.5 cm³/mol. The second kappa shape index (κ2) is 5.48. The van der Waals surface area contributed by atoms with Gasteiger partial charge in [0.25, 0.3) is 5.91 Å². The highest BCUT2D eigenvalue weighted by atomic mass is 32.1. The summed E-state index contributed by atoms with van der Waals surface area (Å²) in [6.45, 7) is 2.11. The van der Waals surface area contributed by atoms with Crippen molar-refractivity contribution in [3.63, 3.8) is 0 Å². The van der Waals surface area contributed by atoms with Crippen LogP contribution in [0.5, 0.6) is 0 Å². The zero-order chi connectivity index (χ0) is 13.0. The van der Waals surface area contributed by atoms with Gasteiger partial charge in [0.05, 0.1) is 17.2 Å². The summed E-state index contributed by atoms with van der Waals surface area (Å²) in [7, 11) is 0. The molecule has 2 rings (SSSR count). The number of hydrogen-bond donors (Lipinski definition) is 1. The van der Waals surface area contributed by atoms with Gasteiger partial charge >= 0.3 is 0 Å². The molecule has 1 aromatic carbocycles. The van der Waals surface area contributed by atoms with Crippen molar-refractivity contribution in [2.75, 3.05) is 6.54 Å². The smallest absolute Gasteiger partial charge is 0.264 e. The fraction of sp³-hybridized carbons (Fsp3) is 0.143. The number of rotatable bonds is 3. The first-order valence-corrected chi connectivity index (χ1v) is 6.28. The second-order valence-electron chi connectivity index (χ2n) is 3.66. The van der Waals surface area contributed by atoms with Crippen molar-refractivity contribution in [1.29, 1.82) is 0 Å². The van der Waals surface area contributed by atoms with E-state index in [9.17, 15) is 4.79 Å². The van der Waals surface area contributed by atoms with E-state index in [2.05, 4.69) is 16.2 Å². The number of carbonyl (C=O) groups is 1. The Kier molecular flexibility index (Phi) is 3.75. The molecule has 0 aliphatic rings. The lowest BCUT2D eigenvalue weighted by Crippen LogP contribution is -2.23. The summed E-state index contributed by atoms with van der Waals surface area (Å²) in [5, 5.41) is 3.53. The van der Waals surface area contributed by atoms with Gasteiger partial charge in [-0.1, -0.05) is 36.3 Å². The van der Waals surface area contributed by atoms with Crippen LogP contribution in [0.2, 0.25) is 0 Å². The van der Waals surface area contributed by atoms with Crippen molar-refractivity contribution in [3.05, 3.63) is 40.2 Å². The Morgan fingerprint density at radius 2 is 2.17 bits per heavy atom. The van der Waals surface area contributed by atoms with Crippen LogP contribution in [0.1, 0.15) is 14.7 Å². The van der Waals surface area contributed by atoms with Gasteiger partial charge in [0, 0.05) is 5.56 Å². The summed E-state index contributed by atoms with van der Waals surface area (Å²) in [4.78, 5) is 17.0. The Balaban J connectivity index is 2.38. The summed E-state index contributed by atoms with van der Waals surface area (Å²) in [6, 6.07) is 9.65. The van der Waals surface area contributed by atoms with Crippen LogP contribution < -0.4 is 5.32 Å². The monoisotopic (exact) mass is 256 g/mol. The Morgan fingerprint density at radius 1 is 1.44 bits per heavy atom. The molecule has 1 N–H and O–H groups in total. The van der Waals surface area contributed by atoms with E-state index in [1.54, 1.807) is 0 Å². The van der Waals surface area contributed by atoms with Crippen LogP contribution in [0.15, 0.2) is 30.3 Å². The molecular weight excluding hydrogens is 244 g/mol. The maximum Gasteiger partial charge on any atom is 0.264 e. The van der Waals surface area contributed by atoms with Crippen molar-refractivity contribution in [2.45, 2.75) is 6.92 Å². The normalized spacial score (nSPS) is 9.78. The van der Waals surface area contributed by atoms with E-state index in [1.807, 2.05) is 37.3 Å². The third kappa shape index (κ3) is 2.58. The van der Waals surface area contributed by atoms with E-state index >= 15 is 0 Å². The molecule has 0 radical (unpaired) electrons. The predicted octanol–water partition coefficient (Wildman–Crippen LogP) is 2.48. The van der Waals surface area contributed by atoms with E-state index in [1.165, 1.54) is 11.3 Å². The molecule has 0 fully saturated rings. The summed E-state index contributed by atoms with van der Waals surface area (Å²) < 4.78 is 0. The van der Waals surface area contributed by atoms with Gasteiger partial charge in [-0.3, -0.25) is 4.79 Å². The first kappa shape index (κ1) is 12.3. The lowest BCUT2D eigenvalue weighted by Gasteiger charge is -2.02. The highest BCUT2D eigenvalue weighted by Crippen LogP contribution is 2.27. The molecule has 0 unspecified atom stereocenters. The summed E-state index contributed by atoms with van der Waals surface area (Å²) >= 11 is 1.38. The molecule has 90 valence electrons. The van der Waals surface area contributed by atoms with Crippen molar-refractivity contribution < 1.29 is 4.79 Å². The van der Waals surface area contributed by atoms with E-state index in [-0.39, 0.29) is 12.5 Å². The Labute approximate surface area is 110 Å². The van der Waals surface area contributed by atoms with Crippen LogP contribution >= 0.6 is 11.3 Å². The molecule has 0 bridgehead atoms. The molecule has 1 aromatic heterocycles. The van der Waals surface area contributed by atoms with Gasteiger partial charge in [-0.2, -0.15) is 0 Å². The summed E-state index contributed by atoms with van der Waals surface area (Å²) in [5.74, 6) is 2.22. The third-order valence-electron chi connectivity index (χ3n) is 2.34. The molecule has 18 heavy (non-hydrogen) atoms. The van der Waals surface area contributed by atoms with Gasteiger partial charge in [-0.15, -0.1) is 17.8 Å². The van der Waals surface area contributed by atoms with E-state index in [0.717, 1.165) is 10.6 Å². The summed E-state index contributed by atoms with van der Waals surface area (Å²) in [5.41, 5.74) is 1.65. The maximum absolute atomic E-state index is 12.0. The second-order valence-corrected chi connectivity index (χ2v) is 4.87. The first-order chi connectivity index (χ1) is 8.72. The number of carbonyl (C=O) groups excluding carboxylic acids is 1. The minimum Gasteiger partial charge on any atom is -0.340 e. The average molecular weight is 256 g/mol. The zero-order valence-corrected chi connectivity index (χ0v) is 10.8. The number of aromatic nitrogens is 1. The van der Waals surface area contributed by atoms with Gasteiger partial charge < -0.3 is 5.32 Å². The van der Waals surface area contributed by atoms with Crippen molar-refractivity contribution in [1.82, 2.24) is 10.3 Å². The van der Waals surface area contributed by atoms with Gasteiger partial charge in [0.1, 0.15) is 4.88 Å². The Bertz CT molecular complexity index is 596. The largest absolute Gasteiger partial charge is 0.340 e. The minimum absolute atomic E-state index is 0.169. The molecule has 0 aliphatic carbocycles. The molecule has 1 heterocycles. The zero-order valence-electron chi connectivity index (χ0n) is 9.93. The number of aryl methyl sites for hydroxylation is 1. The number of nitrogens with one attached hydrogen (secondary N) is 1. The number of benzene rings is 1. The number of thiazole rings is 1. The lowest BCUT2D eigenvalue weighted by atomic mass is 10.1. The highest BCUT2D eigenvalue weighted by molar-refractivity contribution is 7.14. The van der Waals surface area contributed by atoms with Crippen LogP contribution in [0.3, 0.4) is 0 Å². The Hall–Kier alpha value is -2.12. The number of hydrogen-bond acceptors (Lipinski definition) is 3. The van der Waals surface area contributed by atoms with Crippen LogP contribution in [0.25, 0.3) is 11.3 Å². The van der Waals surface area contributed by atoms with Crippen molar-refractivity contribution >= 4 is 17.2 Å². The van der Waals surface area contributed by atoms with Gasteiger partial charge in [-0.05, 0) is 6.92 Å². The van der Waals surface area contributed by atoms with Crippen molar-refractivity contribution in [2.24, 2.45) is 0 Å². The molecular formula is C14H12N2OS. The number of terminal acetylenes is 1. The van der Waals surface area contributed by atoms with Crippen LogP contribution in [0, 0.1) is 19.3 Å². The molecule has 2 aromatic rings. The molecule has 0 atom stereocenters. The van der Waals surface area contributed by atoms with Crippen LogP contribution in [-0.2, 0) is 0 Å². The average Bonchev–Trinajstić information content (AvgIpc) is 2.79. The van der Waals surface area contributed by atoms with Gasteiger partial charge in [0.2, 0.25) is 0 Å². The lowest BCUT2D eigenvalue weighted by molar-refractivity contribution is 0.0963. The van der Waals surface area contributed by atoms with Crippen molar-refractivity contribution in [3.8, 4) is 23.6 Å². The topological polar surface area (TPSA) is 42.0 Å². The first-order valence-electron chi connectivity index (χ1n) is 5.47. The molecule has 0 saturated carbocycles. The molecule has 0 spiro atoms. The molecule has 3 nitrogen and oxygen atoms in total. The molecule has 0 saturated heterocycles. The third-order valence-corrected chi connectivity index (χ3v) is 3.31. The fourth-order valence-corrected chi connectivity index (χ4v) is 2.44. The van der Waals surface area contributed by atoms with E-state index < -0.39 is 0 Å². The van der Waals surface area contributed by atoms with Crippen LogP contribution in [0.4, 0.5) is 0 Å². The van der Waals surface area contributed by atoms with E-state index in [0.29, 0.717) is 10.6 Å². The van der Waals surface area contributed by atoms with E-state index in [4.69, 9.17) is 6.42 Å². The molecule has 1 amide bonds. The van der Waals surface area contributed by atoms with Crippen LogP contribution in [-0.4, -0.2) is 17.4 Å². The highest BCUT2D eigenvalue weighted by Gasteiger charge is 2.17. The van der Waals surface area contributed by atoms with Gasteiger partial charge in [0.15, 0.2) is 0 Å². The number of nitrogens with zero attached hydrogens (tertiary/aromatic N) is 1. The molecule has 4 heteroatoms. The SMILES string of the molecule is C#CCNC(=O)c1sc(C)nc1-c1ccccc1. The standard InChI is InChI=1S/C14H12N2OS/c1-3-9-15-14(17)13-12(16-10(2)18-13)11-7-5-4-6-8-11/h1,4-8H,9H2,2H3,(H,15,17). The number of amides is 1. The fourth-order valence-electron chi connectivity index (χ4n) is 1.58. The Morgan fingerprint density at radius 3 is 2.83 bits per heavy atom.